The first-order valence-electron chi connectivity index (χ1n) is 12.5. The number of amides is 2. The van der Waals surface area contributed by atoms with Gasteiger partial charge in [0.05, 0.1) is 11.3 Å². The lowest BCUT2D eigenvalue weighted by molar-refractivity contribution is -0.120. The summed E-state index contributed by atoms with van der Waals surface area (Å²) in [5.41, 5.74) is 5.21. The predicted octanol–water partition coefficient (Wildman–Crippen LogP) is 6.03. The SMILES string of the molecule is CCCCc1ccc(N2C(=O)C(Nc3ccc(N4CCCC4)cc3)=C(c3ccccc3)C2=O)cc1. The Morgan fingerprint density at radius 2 is 1.43 bits per heavy atom. The zero-order valence-corrected chi connectivity index (χ0v) is 20.2. The third kappa shape index (κ3) is 4.72. The smallest absolute Gasteiger partial charge is 0.282 e. The van der Waals surface area contributed by atoms with Crippen LogP contribution in [0.15, 0.2) is 84.6 Å². The van der Waals surface area contributed by atoms with Crippen molar-refractivity contribution in [3.63, 3.8) is 0 Å². The molecule has 0 saturated carbocycles. The number of benzene rings is 3. The fourth-order valence-corrected chi connectivity index (χ4v) is 4.82. The van der Waals surface area contributed by atoms with E-state index >= 15 is 0 Å². The van der Waals surface area contributed by atoms with E-state index in [0.717, 1.165) is 43.6 Å². The molecular formula is C30H31N3O2. The summed E-state index contributed by atoms with van der Waals surface area (Å²) in [5, 5.41) is 3.28. The molecule has 0 bridgehead atoms. The van der Waals surface area contributed by atoms with E-state index in [1.807, 2.05) is 66.7 Å². The molecule has 1 saturated heterocycles. The summed E-state index contributed by atoms with van der Waals surface area (Å²) in [4.78, 5) is 30.9. The number of hydrogen-bond donors (Lipinski definition) is 1. The molecule has 5 nitrogen and oxygen atoms in total. The summed E-state index contributed by atoms with van der Waals surface area (Å²) >= 11 is 0. The number of anilines is 3. The Labute approximate surface area is 207 Å². The van der Waals surface area contributed by atoms with Crippen molar-refractivity contribution in [3.8, 4) is 0 Å². The summed E-state index contributed by atoms with van der Waals surface area (Å²) in [7, 11) is 0. The highest BCUT2D eigenvalue weighted by molar-refractivity contribution is 6.46. The third-order valence-electron chi connectivity index (χ3n) is 6.77. The highest BCUT2D eigenvalue weighted by atomic mass is 16.2. The summed E-state index contributed by atoms with van der Waals surface area (Å²) in [5.74, 6) is -0.641. The number of hydrogen-bond acceptors (Lipinski definition) is 4. The van der Waals surface area contributed by atoms with Crippen LogP contribution in [0.2, 0.25) is 0 Å². The standard InChI is InChI=1S/C30H31N3O2/c1-2-3-9-22-12-16-26(17-13-22)33-29(34)27(23-10-5-4-6-11-23)28(30(33)35)31-24-14-18-25(19-15-24)32-20-7-8-21-32/h4-6,10-19,31H,2-3,7-9,20-21H2,1H3. The number of imide groups is 1. The van der Waals surface area contributed by atoms with Crippen molar-refractivity contribution in [2.24, 2.45) is 0 Å². The van der Waals surface area contributed by atoms with Crippen molar-refractivity contribution in [1.82, 2.24) is 0 Å². The molecule has 2 aliphatic rings. The van der Waals surface area contributed by atoms with E-state index in [1.54, 1.807) is 0 Å². The molecule has 0 aromatic heterocycles. The lowest BCUT2D eigenvalue weighted by atomic mass is 10.0. The van der Waals surface area contributed by atoms with Gasteiger partial charge in [-0.05, 0) is 73.2 Å². The van der Waals surface area contributed by atoms with Crippen LogP contribution in [0.4, 0.5) is 17.1 Å². The summed E-state index contributed by atoms with van der Waals surface area (Å²) < 4.78 is 0. The predicted molar refractivity (Wildman–Crippen MR) is 142 cm³/mol. The molecule has 3 aromatic rings. The van der Waals surface area contributed by atoms with E-state index in [2.05, 4.69) is 29.3 Å². The maximum atomic E-state index is 13.6. The molecule has 5 heteroatoms. The minimum Gasteiger partial charge on any atom is -0.372 e. The van der Waals surface area contributed by atoms with Crippen LogP contribution in [-0.4, -0.2) is 24.9 Å². The second-order valence-electron chi connectivity index (χ2n) is 9.20. The highest BCUT2D eigenvalue weighted by Gasteiger charge is 2.40. The minimum atomic E-state index is -0.334. The van der Waals surface area contributed by atoms with Crippen molar-refractivity contribution >= 4 is 34.4 Å². The first kappa shape index (κ1) is 22.9. The molecule has 1 fully saturated rings. The van der Waals surface area contributed by atoms with Crippen LogP contribution in [0.5, 0.6) is 0 Å². The van der Waals surface area contributed by atoms with Gasteiger partial charge in [0.1, 0.15) is 5.70 Å². The van der Waals surface area contributed by atoms with Crippen molar-refractivity contribution in [3.05, 3.63) is 95.7 Å². The van der Waals surface area contributed by atoms with E-state index in [1.165, 1.54) is 29.0 Å². The molecule has 5 rings (SSSR count). The molecule has 2 heterocycles. The van der Waals surface area contributed by atoms with Gasteiger partial charge in [-0.2, -0.15) is 0 Å². The fourth-order valence-electron chi connectivity index (χ4n) is 4.82. The van der Waals surface area contributed by atoms with Crippen LogP contribution in [0, 0.1) is 0 Å². The molecule has 3 aromatic carbocycles. The number of unbranched alkanes of at least 4 members (excludes halogenated alkanes) is 1. The van der Waals surface area contributed by atoms with Gasteiger partial charge in [-0.25, -0.2) is 4.90 Å². The zero-order chi connectivity index (χ0) is 24.2. The third-order valence-corrected chi connectivity index (χ3v) is 6.77. The number of rotatable bonds is 8. The quantitative estimate of drug-likeness (QED) is 0.413. The van der Waals surface area contributed by atoms with E-state index in [9.17, 15) is 9.59 Å². The molecule has 0 unspecified atom stereocenters. The molecule has 35 heavy (non-hydrogen) atoms. The zero-order valence-electron chi connectivity index (χ0n) is 20.2. The van der Waals surface area contributed by atoms with Gasteiger partial charge in [-0.1, -0.05) is 55.8 Å². The Hall–Kier alpha value is -3.86. The van der Waals surface area contributed by atoms with E-state index < -0.39 is 0 Å². The number of carbonyl (C=O) groups is 2. The van der Waals surface area contributed by atoms with Crippen LogP contribution in [0.25, 0.3) is 5.57 Å². The molecule has 0 aliphatic carbocycles. The second kappa shape index (κ2) is 10.2. The first-order valence-corrected chi connectivity index (χ1v) is 12.5. The van der Waals surface area contributed by atoms with Gasteiger partial charge in [-0.3, -0.25) is 9.59 Å². The van der Waals surface area contributed by atoms with Crippen LogP contribution in [0.1, 0.15) is 43.7 Å². The van der Waals surface area contributed by atoms with Crippen LogP contribution in [0.3, 0.4) is 0 Å². The molecule has 0 spiro atoms. The van der Waals surface area contributed by atoms with Gasteiger partial charge < -0.3 is 10.2 Å². The Bertz CT molecular complexity index is 1220. The van der Waals surface area contributed by atoms with Gasteiger partial charge in [0.15, 0.2) is 0 Å². The average molecular weight is 466 g/mol. The topological polar surface area (TPSA) is 52.7 Å². The minimum absolute atomic E-state index is 0.307. The molecule has 0 radical (unpaired) electrons. The van der Waals surface area contributed by atoms with E-state index in [4.69, 9.17) is 0 Å². The molecule has 0 atom stereocenters. The van der Waals surface area contributed by atoms with Crippen LogP contribution >= 0.6 is 0 Å². The fraction of sp³-hybridized carbons (Fsp3) is 0.267. The first-order chi connectivity index (χ1) is 17.2. The van der Waals surface area contributed by atoms with Crippen molar-refractivity contribution in [1.29, 1.82) is 0 Å². The van der Waals surface area contributed by atoms with Gasteiger partial charge in [0.2, 0.25) is 0 Å². The van der Waals surface area contributed by atoms with Gasteiger partial charge in [0, 0.05) is 24.5 Å². The van der Waals surface area contributed by atoms with Crippen LogP contribution < -0.4 is 15.1 Å². The van der Waals surface area contributed by atoms with Crippen LogP contribution in [-0.2, 0) is 16.0 Å². The van der Waals surface area contributed by atoms with Gasteiger partial charge in [-0.15, -0.1) is 0 Å². The maximum Gasteiger partial charge on any atom is 0.282 e. The Kier molecular flexibility index (Phi) is 6.66. The Balaban J connectivity index is 1.45. The lowest BCUT2D eigenvalue weighted by Crippen LogP contribution is -2.32. The normalized spacial score (nSPS) is 15.9. The summed E-state index contributed by atoms with van der Waals surface area (Å²) in [6.07, 6.45) is 5.68. The average Bonchev–Trinajstić information content (AvgIpc) is 3.51. The Morgan fingerprint density at radius 1 is 0.771 bits per heavy atom. The number of nitrogens with zero attached hydrogens (tertiary/aromatic N) is 2. The second-order valence-corrected chi connectivity index (χ2v) is 9.20. The van der Waals surface area contributed by atoms with E-state index in [0.29, 0.717) is 17.0 Å². The van der Waals surface area contributed by atoms with Crippen molar-refractivity contribution < 1.29 is 9.59 Å². The molecule has 178 valence electrons. The van der Waals surface area contributed by atoms with Crippen molar-refractivity contribution in [2.45, 2.75) is 39.0 Å². The maximum absolute atomic E-state index is 13.6. The highest BCUT2D eigenvalue weighted by Crippen LogP contribution is 2.34. The van der Waals surface area contributed by atoms with Crippen molar-refractivity contribution in [2.75, 3.05) is 28.2 Å². The number of carbonyl (C=O) groups excluding carboxylic acids is 2. The molecule has 2 aliphatic heterocycles. The summed E-state index contributed by atoms with van der Waals surface area (Å²) in [6.45, 7) is 4.33. The monoisotopic (exact) mass is 465 g/mol. The number of nitrogens with one attached hydrogen (secondary N) is 1. The molecular weight excluding hydrogens is 434 g/mol. The van der Waals surface area contributed by atoms with Gasteiger partial charge in [0.25, 0.3) is 11.8 Å². The largest absolute Gasteiger partial charge is 0.372 e. The van der Waals surface area contributed by atoms with E-state index in [-0.39, 0.29) is 11.8 Å². The number of aryl methyl sites for hydroxylation is 1. The van der Waals surface area contributed by atoms with Gasteiger partial charge >= 0.3 is 0 Å². The molecule has 2 amide bonds. The Morgan fingerprint density at radius 3 is 2.09 bits per heavy atom. The molecule has 1 N–H and O–H groups in total. The summed E-state index contributed by atoms with van der Waals surface area (Å²) in [6, 6.07) is 25.3. The lowest BCUT2D eigenvalue weighted by Gasteiger charge is -2.18.